The van der Waals surface area contributed by atoms with Gasteiger partial charge in [-0.25, -0.2) is 4.79 Å². The molecule has 16 heteroatoms. The van der Waals surface area contributed by atoms with E-state index in [2.05, 4.69) is 16.0 Å². The predicted octanol–water partition coefficient (Wildman–Crippen LogP) is -2.80. The topological polar surface area (TPSA) is 294 Å². The second kappa shape index (κ2) is 16.3. The van der Waals surface area contributed by atoms with Crippen molar-refractivity contribution in [3.05, 3.63) is 29.8 Å². The average Bonchev–Trinajstić information content (AvgIpc) is 2.87. The van der Waals surface area contributed by atoms with Crippen molar-refractivity contribution in [2.45, 2.75) is 69.1 Å². The Labute approximate surface area is 228 Å². The molecule has 0 aliphatic heterocycles. The minimum absolute atomic E-state index is 0.0543. The number of aliphatic carboxylic acids is 2. The summed E-state index contributed by atoms with van der Waals surface area (Å²) in [6, 6.07) is -0.00177. The second-order valence-electron chi connectivity index (χ2n) is 8.94. The van der Waals surface area contributed by atoms with Gasteiger partial charge in [-0.05, 0) is 37.0 Å². The van der Waals surface area contributed by atoms with E-state index in [1.165, 1.54) is 24.3 Å². The minimum Gasteiger partial charge on any atom is -0.508 e. The van der Waals surface area contributed by atoms with Crippen LogP contribution in [0.4, 0.5) is 0 Å². The molecule has 16 nitrogen and oxygen atoms in total. The normalized spacial score (nSPS) is 13.6. The molecule has 0 aromatic heterocycles. The van der Waals surface area contributed by atoms with Crippen LogP contribution in [-0.4, -0.2) is 81.0 Å². The number of nitrogens with one attached hydrogen (secondary N) is 3. The van der Waals surface area contributed by atoms with Gasteiger partial charge >= 0.3 is 11.9 Å². The average molecular weight is 567 g/mol. The summed E-state index contributed by atoms with van der Waals surface area (Å²) in [5.41, 5.74) is 16.5. The van der Waals surface area contributed by atoms with Crippen LogP contribution in [0.2, 0.25) is 0 Å². The van der Waals surface area contributed by atoms with Crippen LogP contribution in [0.3, 0.4) is 0 Å². The number of primary amides is 2. The number of benzene rings is 1. The number of rotatable bonds is 18. The van der Waals surface area contributed by atoms with Crippen LogP contribution in [0.15, 0.2) is 24.3 Å². The summed E-state index contributed by atoms with van der Waals surface area (Å²) in [5.74, 6) is -7.11. The highest BCUT2D eigenvalue weighted by Crippen LogP contribution is 2.12. The first kappa shape index (κ1) is 33.3. The van der Waals surface area contributed by atoms with Gasteiger partial charge in [0, 0.05) is 25.7 Å². The van der Waals surface area contributed by atoms with Gasteiger partial charge < -0.3 is 48.5 Å². The van der Waals surface area contributed by atoms with Crippen LogP contribution < -0.4 is 33.2 Å². The molecule has 1 aromatic carbocycles. The fraction of sp³-hybridized carbons (Fsp3) is 0.458. The van der Waals surface area contributed by atoms with E-state index in [-0.39, 0.29) is 37.9 Å². The zero-order valence-electron chi connectivity index (χ0n) is 21.5. The number of carbonyl (C=O) groups excluding carboxylic acids is 5. The molecule has 12 N–H and O–H groups in total. The third-order valence-electron chi connectivity index (χ3n) is 5.62. The molecule has 0 bridgehead atoms. The van der Waals surface area contributed by atoms with E-state index in [4.69, 9.17) is 22.3 Å². The van der Waals surface area contributed by atoms with Gasteiger partial charge in [-0.15, -0.1) is 0 Å². The number of nitrogens with two attached hydrogens (primary N) is 3. The molecule has 0 aliphatic carbocycles. The zero-order chi connectivity index (χ0) is 30.4. The van der Waals surface area contributed by atoms with Crippen molar-refractivity contribution in [1.29, 1.82) is 0 Å². The van der Waals surface area contributed by atoms with E-state index in [0.29, 0.717) is 5.56 Å². The maximum Gasteiger partial charge on any atom is 0.326 e. The first-order valence-electron chi connectivity index (χ1n) is 12.1. The molecule has 40 heavy (non-hydrogen) atoms. The first-order valence-corrected chi connectivity index (χ1v) is 12.1. The number of amides is 5. The van der Waals surface area contributed by atoms with Crippen molar-refractivity contribution in [3.8, 4) is 5.75 Å². The molecule has 1 rings (SSSR count). The van der Waals surface area contributed by atoms with Crippen molar-refractivity contribution in [1.82, 2.24) is 16.0 Å². The van der Waals surface area contributed by atoms with Gasteiger partial charge in [-0.1, -0.05) is 12.1 Å². The molecule has 4 unspecified atom stereocenters. The quantitative estimate of drug-likeness (QED) is 0.0873. The summed E-state index contributed by atoms with van der Waals surface area (Å²) in [4.78, 5) is 83.5. The lowest BCUT2D eigenvalue weighted by Crippen LogP contribution is -2.57. The van der Waals surface area contributed by atoms with Gasteiger partial charge in [0.15, 0.2) is 0 Å². The number of carboxylic acids is 2. The lowest BCUT2D eigenvalue weighted by Gasteiger charge is -2.25. The van der Waals surface area contributed by atoms with E-state index >= 15 is 0 Å². The van der Waals surface area contributed by atoms with Crippen molar-refractivity contribution >= 4 is 41.5 Å². The second-order valence-corrected chi connectivity index (χ2v) is 8.94. The molecule has 0 fully saturated rings. The molecule has 0 saturated heterocycles. The predicted molar refractivity (Wildman–Crippen MR) is 137 cm³/mol. The van der Waals surface area contributed by atoms with Crippen LogP contribution in [0.5, 0.6) is 5.75 Å². The highest BCUT2D eigenvalue weighted by Gasteiger charge is 2.31. The molecule has 220 valence electrons. The molecule has 0 spiro atoms. The first-order chi connectivity index (χ1) is 18.7. The Morgan fingerprint density at radius 1 is 0.675 bits per heavy atom. The highest BCUT2D eigenvalue weighted by atomic mass is 16.4. The standard InChI is InChI=1S/C24H34N6O10/c25-14(5-8-18(26)32)21(36)30-17(11-12-1-3-13(31)4-2-12)23(38)28-15(6-9-19(27)33)22(37)29-16(24(39)40)7-10-20(34)35/h1-4,14-17,31H,5-11,25H2,(H2,26,32)(H2,27,33)(H,28,38)(H,29,37)(H,30,36)(H,34,35)(H,39,40). The molecule has 1 aromatic rings. The van der Waals surface area contributed by atoms with Gasteiger partial charge in [0.25, 0.3) is 0 Å². The van der Waals surface area contributed by atoms with Crippen LogP contribution in [0, 0.1) is 0 Å². The van der Waals surface area contributed by atoms with E-state index in [1.807, 2.05) is 0 Å². The summed E-state index contributed by atoms with van der Waals surface area (Å²) < 4.78 is 0. The fourth-order valence-corrected chi connectivity index (χ4v) is 3.41. The number of phenolic OH excluding ortho intramolecular Hbond substituents is 1. The van der Waals surface area contributed by atoms with Gasteiger partial charge in [0.05, 0.1) is 6.04 Å². The molecular weight excluding hydrogens is 532 g/mol. The van der Waals surface area contributed by atoms with Crippen LogP contribution in [0.1, 0.15) is 44.1 Å². The van der Waals surface area contributed by atoms with Crippen molar-refractivity contribution in [2.24, 2.45) is 17.2 Å². The van der Waals surface area contributed by atoms with E-state index < -0.39 is 78.5 Å². The Balaban J connectivity index is 3.16. The van der Waals surface area contributed by atoms with Crippen molar-refractivity contribution in [2.75, 3.05) is 0 Å². The Morgan fingerprint density at radius 2 is 1.15 bits per heavy atom. The van der Waals surface area contributed by atoms with Gasteiger partial charge in [-0.3, -0.25) is 28.8 Å². The number of carbonyl (C=O) groups is 7. The summed E-state index contributed by atoms with van der Waals surface area (Å²) in [5, 5.41) is 34.6. The molecule has 0 radical (unpaired) electrons. The van der Waals surface area contributed by atoms with Gasteiger partial charge in [0.2, 0.25) is 29.5 Å². The molecule has 4 atom stereocenters. The summed E-state index contributed by atoms with van der Waals surface area (Å²) in [6.07, 6.45) is -2.16. The Hall–Kier alpha value is -4.73. The van der Waals surface area contributed by atoms with Gasteiger partial charge in [-0.2, -0.15) is 0 Å². The SMILES string of the molecule is NC(=O)CCC(N)C(=O)NC(Cc1ccc(O)cc1)C(=O)NC(CCC(N)=O)C(=O)NC(CCC(=O)O)C(=O)O. The van der Waals surface area contributed by atoms with Gasteiger partial charge in [0.1, 0.15) is 23.9 Å². The van der Waals surface area contributed by atoms with Crippen LogP contribution >= 0.6 is 0 Å². The highest BCUT2D eigenvalue weighted by molar-refractivity contribution is 5.94. The Kier molecular flexibility index (Phi) is 13.6. The molecule has 0 aliphatic rings. The number of phenols is 1. The monoisotopic (exact) mass is 566 g/mol. The Morgan fingerprint density at radius 3 is 1.68 bits per heavy atom. The number of carboxylic acid groups (broad SMARTS) is 2. The molecule has 5 amide bonds. The van der Waals surface area contributed by atoms with Crippen molar-refractivity contribution in [3.63, 3.8) is 0 Å². The third kappa shape index (κ3) is 12.7. The largest absolute Gasteiger partial charge is 0.508 e. The summed E-state index contributed by atoms with van der Waals surface area (Å²) in [6.45, 7) is 0. The third-order valence-corrected chi connectivity index (χ3v) is 5.62. The lowest BCUT2D eigenvalue weighted by atomic mass is 10.0. The molecule has 0 saturated carbocycles. The van der Waals surface area contributed by atoms with Crippen LogP contribution in [0.25, 0.3) is 0 Å². The maximum absolute atomic E-state index is 13.3. The Bertz CT molecular complexity index is 1090. The molecule has 0 heterocycles. The van der Waals surface area contributed by atoms with Crippen molar-refractivity contribution < 1.29 is 48.9 Å². The number of hydrogen-bond donors (Lipinski definition) is 9. The summed E-state index contributed by atoms with van der Waals surface area (Å²) >= 11 is 0. The minimum atomic E-state index is -1.60. The zero-order valence-corrected chi connectivity index (χ0v) is 21.5. The number of hydrogen-bond acceptors (Lipinski definition) is 9. The van der Waals surface area contributed by atoms with E-state index in [1.54, 1.807) is 0 Å². The molecular formula is C24H34N6O10. The van der Waals surface area contributed by atoms with E-state index in [0.717, 1.165) is 0 Å². The smallest absolute Gasteiger partial charge is 0.326 e. The van der Waals surface area contributed by atoms with E-state index in [9.17, 15) is 43.8 Å². The maximum atomic E-state index is 13.3. The lowest BCUT2D eigenvalue weighted by molar-refractivity contribution is -0.143. The number of aromatic hydroxyl groups is 1. The fourth-order valence-electron chi connectivity index (χ4n) is 3.41. The van der Waals surface area contributed by atoms with Crippen LogP contribution in [-0.2, 0) is 40.0 Å². The summed E-state index contributed by atoms with van der Waals surface area (Å²) in [7, 11) is 0.